The van der Waals surface area contributed by atoms with Gasteiger partial charge in [-0.25, -0.2) is 0 Å². The number of nitrogens with one attached hydrogen (secondary N) is 1. The number of carbonyl (C=O) groups is 1. The summed E-state index contributed by atoms with van der Waals surface area (Å²) in [5, 5.41) is 0. The molecule has 1 aliphatic rings. The lowest BCUT2D eigenvalue weighted by atomic mass is 10.2. The fourth-order valence-corrected chi connectivity index (χ4v) is 2.55. The van der Waals surface area contributed by atoms with Crippen LogP contribution in [0.3, 0.4) is 0 Å². The topological polar surface area (TPSA) is 61.4 Å². The molecular weight excluding hydrogens is 250 g/mol. The Balaban J connectivity index is 2.27. The van der Waals surface area contributed by atoms with Crippen molar-refractivity contribution in [1.82, 2.24) is 4.72 Å². The number of hydrogen-bond donors (Lipinski definition) is 1. The first kappa shape index (κ1) is 15.8. The lowest BCUT2D eigenvalue weighted by molar-refractivity contribution is -0.143. The van der Waals surface area contributed by atoms with Gasteiger partial charge in [0.25, 0.3) is 0 Å². The summed E-state index contributed by atoms with van der Waals surface area (Å²) in [6.07, 6.45) is 4.08. The highest BCUT2D eigenvalue weighted by molar-refractivity contribution is 7.90. The maximum absolute atomic E-state index is 12.0. The van der Waals surface area contributed by atoms with Gasteiger partial charge in [-0.15, -0.1) is 4.72 Å². The maximum atomic E-state index is 12.0. The van der Waals surface area contributed by atoms with Crippen LogP contribution in [-0.4, -0.2) is 27.4 Å². The van der Waals surface area contributed by atoms with Crippen molar-refractivity contribution in [3.8, 4) is 0 Å². The van der Waals surface area contributed by atoms with Crippen molar-refractivity contribution in [2.24, 2.45) is 0 Å². The van der Waals surface area contributed by atoms with E-state index in [4.69, 9.17) is 4.74 Å². The average Bonchev–Trinajstić information content (AvgIpc) is 2.97. The van der Waals surface area contributed by atoms with Gasteiger partial charge in [0, 0.05) is 24.2 Å². The minimum Gasteiger partial charge on any atom is -0.598 e. The Morgan fingerprint density at radius 2 is 2.06 bits per heavy atom. The van der Waals surface area contributed by atoms with E-state index in [1.165, 1.54) is 0 Å². The highest BCUT2D eigenvalue weighted by Gasteiger charge is 2.48. The van der Waals surface area contributed by atoms with Gasteiger partial charge >= 0.3 is 5.97 Å². The molecule has 0 heterocycles. The molecule has 1 unspecified atom stereocenters. The van der Waals surface area contributed by atoms with Crippen LogP contribution in [0.2, 0.25) is 0 Å². The molecule has 0 aromatic heterocycles. The van der Waals surface area contributed by atoms with E-state index in [1.807, 2.05) is 27.7 Å². The quantitative estimate of drug-likeness (QED) is 0.572. The molecule has 1 atom stereocenters. The smallest absolute Gasteiger partial charge is 0.305 e. The highest BCUT2D eigenvalue weighted by Crippen LogP contribution is 2.40. The van der Waals surface area contributed by atoms with Crippen molar-refractivity contribution < 1.29 is 14.1 Å². The van der Waals surface area contributed by atoms with Crippen molar-refractivity contribution in [2.45, 2.75) is 70.1 Å². The van der Waals surface area contributed by atoms with Crippen LogP contribution in [0.25, 0.3) is 0 Å². The summed E-state index contributed by atoms with van der Waals surface area (Å²) in [7, 11) is 0. The van der Waals surface area contributed by atoms with E-state index >= 15 is 0 Å². The Hall–Kier alpha value is -0.260. The number of esters is 1. The molecule has 18 heavy (non-hydrogen) atoms. The molecule has 1 fully saturated rings. The van der Waals surface area contributed by atoms with Gasteiger partial charge in [0.15, 0.2) is 0 Å². The van der Waals surface area contributed by atoms with Crippen LogP contribution in [-0.2, 0) is 20.9 Å². The normalized spacial score (nSPS) is 19.4. The van der Waals surface area contributed by atoms with Crippen LogP contribution in [0.4, 0.5) is 0 Å². The highest BCUT2D eigenvalue weighted by atomic mass is 32.2. The molecule has 1 rings (SSSR count). The standard InChI is InChI=1S/C13H25NO3S/c1-5-6-11(15)17-10-9-13(7-8-13)14-18(16)12(2,3)4/h14H,5-10H2,1-4H3. The predicted molar refractivity (Wildman–Crippen MR) is 73.5 cm³/mol. The maximum Gasteiger partial charge on any atom is 0.305 e. The van der Waals surface area contributed by atoms with Crippen LogP contribution in [0.15, 0.2) is 0 Å². The van der Waals surface area contributed by atoms with Gasteiger partial charge in [-0.2, -0.15) is 0 Å². The zero-order chi connectivity index (χ0) is 13.8. The fraction of sp³-hybridized carbons (Fsp3) is 0.923. The Labute approximate surface area is 113 Å². The summed E-state index contributed by atoms with van der Waals surface area (Å²) >= 11 is -1.05. The van der Waals surface area contributed by atoms with Gasteiger partial charge < -0.3 is 9.29 Å². The molecule has 1 N–H and O–H groups in total. The zero-order valence-corrected chi connectivity index (χ0v) is 12.7. The summed E-state index contributed by atoms with van der Waals surface area (Å²) in [6.45, 7) is 8.24. The lowest BCUT2D eigenvalue weighted by Gasteiger charge is -2.27. The SMILES string of the molecule is CCCC(=O)OCCC1(N[S+]([O-])C(C)(C)C)CC1. The monoisotopic (exact) mass is 275 g/mol. The fourth-order valence-electron chi connectivity index (χ4n) is 1.54. The Kier molecular flexibility index (Phi) is 5.49. The summed E-state index contributed by atoms with van der Waals surface area (Å²) in [5.74, 6) is -0.134. The lowest BCUT2D eigenvalue weighted by Crippen LogP contribution is -2.46. The van der Waals surface area contributed by atoms with Gasteiger partial charge in [-0.3, -0.25) is 4.79 Å². The minimum atomic E-state index is -1.05. The summed E-state index contributed by atoms with van der Waals surface area (Å²) in [6, 6.07) is 0. The second-order valence-electron chi connectivity index (χ2n) is 5.98. The van der Waals surface area contributed by atoms with E-state index in [2.05, 4.69) is 4.72 Å². The molecule has 0 amide bonds. The van der Waals surface area contributed by atoms with Gasteiger partial charge in [0.1, 0.15) is 4.75 Å². The van der Waals surface area contributed by atoms with E-state index in [0.29, 0.717) is 13.0 Å². The number of hydrogen-bond acceptors (Lipinski definition) is 4. The average molecular weight is 275 g/mol. The van der Waals surface area contributed by atoms with E-state index < -0.39 is 11.4 Å². The molecule has 4 nitrogen and oxygen atoms in total. The van der Waals surface area contributed by atoms with Crippen LogP contribution < -0.4 is 4.72 Å². The first-order valence-corrected chi connectivity index (χ1v) is 7.79. The molecule has 0 aliphatic heterocycles. The molecule has 106 valence electrons. The van der Waals surface area contributed by atoms with Crippen LogP contribution in [0.1, 0.15) is 59.8 Å². The van der Waals surface area contributed by atoms with E-state index in [-0.39, 0.29) is 16.3 Å². The minimum absolute atomic E-state index is 0.0648. The van der Waals surface area contributed by atoms with Crippen molar-refractivity contribution in [3.05, 3.63) is 0 Å². The number of rotatable bonds is 7. The van der Waals surface area contributed by atoms with Crippen LogP contribution in [0, 0.1) is 0 Å². The predicted octanol–water partition coefficient (Wildman–Crippen LogP) is 2.30. The van der Waals surface area contributed by atoms with Gasteiger partial charge in [0.2, 0.25) is 0 Å². The third-order valence-corrected chi connectivity index (χ3v) is 4.75. The molecule has 0 radical (unpaired) electrons. The molecule has 5 heteroatoms. The number of ether oxygens (including phenoxy) is 1. The van der Waals surface area contributed by atoms with Crippen molar-refractivity contribution >= 4 is 17.3 Å². The summed E-state index contributed by atoms with van der Waals surface area (Å²) in [5.41, 5.74) is -0.0648. The first-order valence-electron chi connectivity index (χ1n) is 6.64. The van der Waals surface area contributed by atoms with Gasteiger partial charge in [-0.05, 0) is 40.0 Å². The molecule has 0 saturated heterocycles. The van der Waals surface area contributed by atoms with E-state index in [9.17, 15) is 9.35 Å². The van der Waals surface area contributed by atoms with Crippen molar-refractivity contribution in [2.75, 3.05) is 6.61 Å². The Morgan fingerprint density at radius 3 is 2.50 bits per heavy atom. The molecule has 0 aromatic rings. The van der Waals surface area contributed by atoms with E-state index in [0.717, 1.165) is 25.7 Å². The largest absolute Gasteiger partial charge is 0.598 e. The van der Waals surface area contributed by atoms with Crippen molar-refractivity contribution in [1.29, 1.82) is 0 Å². The van der Waals surface area contributed by atoms with Crippen LogP contribution in [0.5, 0.6) is 0 Å². The van der Waals surface area contributed by atoms with Crippen LogP contribution >= 0.6 is 0 Å². The molecular formula is C13H25NO3S. The molecule has 0 bridgehead atoms. The molecule has 1 aliphatic carbocycles. The van der Waals surface area contributed by atoms with Crippen molar-refractivity contribution in [3.63, 3.8) is 0 Å². The summed E-state index contributed by atoms with van der Waals surface area (Å²) < 4.78 is 20.1. The third kappa shape index (κ3) is 5.16. The van der Waals surface area contributed by atoms with Gasteiger partial charge in [0.05, 0.1) is 12.1 Å². The Morgan fingerprint density at radius 1 is 1.44 bits per heavy atom. The molecule has 0 spiro atoms. The second-order valence-corrected chi connectivity index (χ2v) is 7.95. The number of carbonyl (C=O) groups excluding carboxylic acids is 1. The van der Waals surface area contributed by atoms with E-state index in [1.54, 1.807) is 0 Å². The second kappa shape index (κ2) is 6.26. The molecule has 1 saturated carbocycles. The molecule has 0 aromatic carbocycles. The van der Waals surface area contributed by atoms with Gasteiger partial charge in [-0.1, -0.05) is 6.92 Å². The summed E-state index contributed by atoms with van der Waals surface area (Å²) in [4.78, 5) is 11.2. The first-order chi connectivity index (χ1) is 8.29. The third-order valence-electron chi connectivity index (χ3n) is 3.02. The zero-order valence-electron chi connectivity index (χ0n) is 11.9. The Bertz CT molecular complexity index is 284.